The van der Waals surface area contributed by atoms with Crippen LogP contribution in [0.3, 0.4) is 0 Å². The number of aliphatic hydroxyl groups is 2. The van der Waals surface area contributed by atoms with E-state index >= 15 is 0 Å². The average Bonchev–Trinajstić information content (AvgIpc) is 2.90. The Labute approximate surface area is 238 Å². The molecule has 2 aromatic carbocycles. The van der Waals surface area contributed by atoms with Crippen LogP contribution in [0.1, 0.15) is 11.3 Å². The maximum atomic E-state index is 14.0. The van der Waals surface area contributed by atoms with E-state index in [1.54, 1.807) is 0 Å². The molecule has 0 aliphatic carbocycles. The Kier molecular flexibility index (Phi) is 10.2. The number of hydrogen-bond acceptors (Lipinski definition) is 9. The molecule has 0 saturated carbocycles. The summed E-state index contributed by atoms with van der Waals surface area (Å²) in [5, 5.41) is 42.9. The molecule has 16 heteroatoms. The van der Waals surface area contributed by atoms with Crippen LogP contribution in [0.4, 0.5) is 13.2 Å². The zero-order chi connectivity index (χ0) is 30.6. The second-order valence-electron chi connectivity index (χ2n) is 8.65. The molecule has 0 bridgehead atoms. The lowest BCUT2D eigenvalue weighted by molar-refractivity contribution is -0.165. The van der Waals surface area contributed by atoms with E-state index in [2.05, 4.69) is 0 Å². The maximum Gasteiger partial charge on any atom is 0.450 e. The number of ether oxygens (including phenoxy) is 1. The number of aliphatic carboxylic acids is 2. The first-order chi connectivity index (χ1) is 19.1. The lowest BCUT2D eigenvalue weighted by Gasteiger charge is -2.27. The number of phenolic OH excluding ortho intramolecular Hbond substituents is 1. The van der Waals surface area contributed by atoms with Crippen LogP contribution in [0.15, 0.2) is 39.5 Å². The second kappa shape index (κ2) is 13.1. The molecule has 222 valence electrons. The van der Waals surface area contributed by atoms with E-state index in [0.717, 1.165) is 0 Å². The summed E-state index contributed by atoms with van der Waals surface area (Å²) in [5.41, 5.74) is -1.95. The van der Waals surface area contributed by atoms with Crippen molar-refractivity contribution in [3.8, 4) is 16.9 Å². The molecule has 0 radical (unpaired) electrons. The van der Waals surface area contributed by atoms with Gasteiger partial charge in [0, 0.05) is 30.2 Å². The molecule has 0 spiro atoms. The molecule has 11 nitrogen and oxygen atoms in total. The van der Waals surface area contributed by atoms with E-state index in [9.17, 15) is 32.7 Å². The number of hydrogen-bond donors (Lipinski definition) is 5. The Morgan fingerprint density at radius 3 is 2.10 bits per heavy atom. The van der Waals surface area contributed by atoms with Crippen molar-refractivity contribution in [2.75, 3.05) is 26.3 Å². The van der Waals surface area contributed by atoms with Crippen LogP contribution in [-0.4, -0.2) is 80.9 Å². The van der Waals surface area contributed by atoms with Crippen molar-refractivity contribution in [1.29, 1.82) is 0 Å². The van der Waals surface area contributed by atoms with E-state index in [4.69, 9.17) is 52.8 Å². The molecule has 1 aromatic heterocycles. The zero-order valence-electron chi connectivity index (χ0n) is 20.7. The summed E-state index contributed by atoms with van der Waals surface area (Å²) in [5.74, 6) is -5.28. The highest BCUT2D eigenvalue weighted by Gasteiger charge is 2.40. The van der Waals surface area contributed by atoms with Crippen LogP contribution in [0.2, 0.25) is 10.0 Å². The lowest BCUT2D eigenvalue weighted by atomic mass is 10.00. The molecule has 1 aliphatic rings. The van der Waals surface area contributed by atoms with Crippen LogP contribution < -0.4 is 5.43 Å². The minimum absolute atomic E-state index is 0.0879. The summed E-state index contributed by atoms with van der Waals surface area (Å²) < 4.78 is 52.4. The van der Waals surface area contributed by atoms with E-state index in [1.165, 1.54) is 30.3 Å². The van der Waals surface area contributed by atoms with Gasteiger partial charge in [0.05, 0.1) is 34.7 Å². The third-order valence-corrected chi connectivity index (χ3v) is 6.43. The van der Waals surface area contributed by atoms with E-state index < -0.39 is 47.1 Å². The number of carboxylic acid groups (broad SMARTS) is 2. The van der Waals surface area contributed by atoms with Gasteiger partial charge < -0.3 is 34.7 Å². The van der Waals surface area contributed by atoms with Crippen molar-refractivity contribution in [3.63, 3.8) is 0 Å². The SMILES string of the molecule is O=C(O)C(O)C(O)C(=O)O.O=c1c(-c2ccc(Cl)cc2Cl)c(C(F)(F)F)oc2c(CN3CCOCC3)c(O)ccc12. The molecule has 2 atom stereocenters. The summed E-state index contributed by atoms with van der Waals surface area (Å²) in [4.78, 5) is 34.7. The number of halogens is 5. The fraction of sp³-hybridized carbons (Fsp3) is 0.320. The van der Waals surface area contributed by atoms with Crippen LogP contribution in [0.25, 0.3) is 22.1 Å². The average molecular weight is 624 g/mol. The fourth-order valence-corrected chi connectivity index (χ4v) is 4.35. The van der Waals surface area contributed by atoms with Gasteiger partial charge in [0.2, 0.25) is 11.2 Å². The first kappa shape index (κ1) is 32.1. The number of nitrogens with zero attached hydrogens (tertiary/aromatic N) is 1. The molecule has 2 unspecified atom stereocenters. The molecule has 1 fully saturated rings. The van der Waals surface area contributed by atoms with Crippen molar-refractivity contribution in [1.82, 2.24) is 4.90 Å². The van der Waals surface area contributed by atoms with Crippen molar-refractivity contribution >= 4 is 46.1 Å². The van der Waals surface area contributed by atoms with Gasteiger partial charge in [0.15, 0.2) is 12.2 Å². The van der Waals surface area contributed by atoms with Gasteiger partial charge >= 0.3 is 18.1 Å². The number of carbonyl (C=O) groups is 2. The maximum absolute atomic E-state index is 14.0. The molecule has 1 saturated heterocycles. The van der Waals surface area contributed by atoms with Gasteiger partial charge in [-0.1, -0.05) is 29.3 Å². The molecular weight excluding hydrogens is 602 g/mol. The van der Waals surface area contributed by atoms with Gasteiger partial charge in [-0.25, -0.2) is 9.59 Å². The Morgan fingerprint density at radius 2 is 1.59 bits per heavy atom. The Morgan fingerprint density at radius 1 is 1.00 bits per heavy atom. The summed E-state index contributed by atoms with van der Waals surface area (Å²) in [6.45, 7) is 2.09. The summed E-state index contributed by atoms with van der Waals surface area (Å²) in [6, 6.07) is 6.35. The molecule has 5 N–H and O–H groups in total. The summed E-state index contributed by atoms with van der Waals surface area (Å²) in [6.07, 6.45) is -9.51. The quantitative estimate of drug-likeness (QED) is 0.272. The zero-order valence-corrected chi connectivity index (χ0v) is 22.2. The molecule has 1 aliphatic heterocycles. The van der Waals surface area contributed by atoms with E-state index in [1.807, 2.05) is 4.90 Å². The van der Waals surface area contributed by atoms with Gasteiger partial charge in [0.25, 0.3) is 0 Å². The van der Waals surface area contributed by atoms with Crippen LogP contribution in [0, 0.1) is 0 Å². The number of alkyl halides is 3. The van der Waals surface area contributed by atoms with Crippen molar-refractivity contribution < 1.29 is 57.4 Å². The van der Waals surface area contributed by atoms with Gasteiger partial charge in [-0.3, -0.25) is 9.69 Å². The largest absolute Gasteiger partial charge is 0.507 e. The predicted molar refractivity (Wildman–Crippen MR) is 138 cm³/mol. The molecule has 2 heterocycles. The van der Waals surface area contributed by atoms with Crippen molar-refractivity contribution in [2.45, 2.75) is 24.9 Å². The number of rotatable bonds is 6. The number of phenols is 1. The third kappa shape index (κ3) is 7.47. The summed E-state index contributed by atoms with van der Waals surface area (Å²) in [7, 11) is 0. The minimum atomic E-state index is -4.98. The highest BCUT2D eigenvalue weighted by Crippen LogP contribution is 2.41. The number of benzene rings is 2. The molecule has 41 heavy (non-hydrogen) atoms. The first-order valence-electron chi connectivity index (χ1n) is 11.6. The normalized spacial score (nSPS) is 15.6. The molecule has 0 amide bonds. The number of aromatic hydroxyl groups is 1. The first-order valence-corrected chi connectivity index (χ1v) is 12.3. The summed E-state index contributed by atoms with van der Waals surface area (Å²) >= 11 is 12.0. The van der Waals surface area contributed by atoms with Crippen LogP contribution in [-0.2, 0) is 27.0 Å². The van der Waals surface area contributed by atoms with Gasteiger partial charge in [-0.2, -0.15) is 13.2 Å². The number of carboxylic acids is 2. The second-order valence-corrected chi connectivity index (χ2v) is 9.50. The molecule has 4 rings (SSSR count). The number of morpholine rings is 1. The fourth-order valence-electron chi connectivity index (χ4n) is 3.85. The predicted octanol–water partition coefficient (Wildman–Crippen LogP) is 3.20. The van der Waals surface area contributed by atoms with Gasteiger partial charge in [-0.05, 0) is 24.3 Å². The smallest absolute Gasteiger partial charge is 0.450 e. The van der Waals surface area contributed by atoms with Crippen molar-refractivity contribution in [3.05, 3.63) is 61.9 Å². The third-order valence-electron chi connectivity index (χ3n) is 5.89. The lowest BCUT2D eigenvalue weighted by Crippen LogP contribution is -2.39. The number of aliphatic hydroxyl groups excluding tert-OH is 2. The highest BCUT2D eigenvalue weighted by atomic mass is 35.5. The van der Waals surface area contributed by atoms with E-state index in [0.29, 0.717) is 26.3 Å². The standard InChI is InChI=1S/C21H16Cl2F3NO4.C4H6O6/c22-11-1-2-12(15(23)9-11)17-18(29)13-3-4-16(28)14(10-27-5-7-30-8-6-27)19(13)31-20(17)21(24,25)26;5-1(3(7)8)2(6)4(9)10/h1-4,9,28H,5-8,10H2;1-2,5-6H,(H,7,8)(H,9,10). The molecule has 3 aromatic rings. The van der Waals surface area contributed by atoms with E-state index in [-0.39, 0.29) is 44.4 Å². The molecular formula is C25H22Cl2F3NO10. The Bertz CT molecular complexity index is 1490. The number of fused-ring (bicyclic) bond motifs is 1. The Hall–Kier alpha value is -3.40. The van der Waals surface area contributed by atoms with Gasteiger partial charge in [-0.15, -0.1) is 0 Å². The Balaban J connectivity index is 0.000000397. The van der Waals surface area contributed by atoms with Crippen LogP contribution >= 0.6 is 23.2 Å². The minimum Gasteiger partial charge on any atom is -0.507 e. The topological polar surface area (TPSA) is 178 Å². The highest BCUT2D eigenvalue weighted by molar-refractivity contribution is 6.36. The van der Waals surface area contributed by atoms with Crippen molar-refractivity contribution in [2.24, 2.45) is 0 Å². The van der Waals surface area contributed by atoms with Gasteiger partial charge in [0.1, 0.15) is 11.3 Å². The van der Waals surface area contributed by atoms with Crippen LogP contribution in [0.5, 0.6) is 5.75 Å². The monoisotopic (exact) mass is 623 g/mol.